The molecule has 2 bridgehead atoms. The molecule has 1 heteroatoms. The van der Waals surface area contributed by atoms with Gasteiger partial charge in [-0.15, -0.1) is 0 Å². The van der Waals surface area contributed by atoms with Crippen molar-refractivity contribution in [2.24, 2.45) is 23.7 Å². The fourth-order valence-electron chi connectivity index (χ4n) is 2.82. The Hall–Kier alpha value is -0.590. The number of hydrogen-bond donors (Lipinski definition) is 0. The Labute approximate surface area is 73.8 Å². The van der Waals surface area contributed by atoms with E-state index in [2.05, 4.69) is 19.1 Å². The van der Waals surface area contributed by atoms with Gasteiger partial charge in [0.15, 0.2) is 0 Å². The van der Waals surface area contributed by atoms with Crippen molar-refractivity contribution in [2.75, 3.05) is 0 Å². The van der Waals surface area contributed by atoms with E-state index >= 15 is 0 Å². The van der Waals surface area contributed by atoms with Gasteiger partial charge in [0.05, 0.1) is 0 Å². The first kappa shape index (κ1) is 8.03. The third kappa shape index (κ3) is 1.12. The van der Waals surface area contributed by atoms with Crippen molar-refractivity contribution in [1.82, 2.24) is 0 Å². The number of carbonyl (C=O) groups excluding carboxylic acids is 1. The summed E-state index contributed by atoms with van der Waals surface area (Å²) in [6, 6.07) is 0. The lowest BCUT2D eigenvalue weighted by Crippen LogP contribution is -2.19. The third-order valence-electron chi connectivity index (χ3n) is 3.53. The highest BCUT2D eigenvalue weighted by Gasteiger charge is 2.38. The van der Waals surface area contributed by atoms with Crippen LogP contribution in [0.4, 0.5) is 0 Å². The first-order valence-electron chi connectivity index (χ1n) is 4.98. The normalized spacial score (nSPS) is 40.2. The van der Waals surface area contributed by atoms with Gasteiger partial charge in [-0.25, -0.2) is 0 Å². The Morgan fingerprint density at radius 2 is 2.33 bits per heavy atom. The lowest BCUT2D eigenvalue weighted by atomic mass is 9.81. The van der Waals surface area contributed by atoms with Gasteiger partial charge < -0.3 is 4.79 Å². The molecule has 0 aliphatic heterocycles. The minimum Gasteiger partial charge on any atom is -0.303 e. The van der Waals surface area contributed by atoms with Crippen molar-refractivity contribution in [1.29, 1.82) is 0 Å². The van der Waals surface area contributed by atoms with E-state index in [-0.39, 0.29) is 0 Å². The summed E-state index contributed by atoms with van der Waals surface area (Å²) in [5.41, 5.74) is 0. The smallest absolute Gasteiger partial charge is 0.123 e. The number of allylic oxidation sites excluding steroid dienone is 2. The standard InChI is InChI=1S/C11H16O/c1-2-9(7-12)11-6-8-3-4-10(11)5-8/h3-4,7-11H,2,5-6H2,1H3. The molecule has 0 heterocycles. The Morgan fingerprint density at radius 3 is 2.75 bits per heavy atom. The second-order valence-corrected chi connectivity index (χ2v) is 4.15. The van der Waals surface area contributed by atoms with Crippen molar-refractivity contribution in [3.8, 4) is 0 Å². The highest BCUT2D eigenvalue weighted by molar-refractivity contribution is 5.54. The van der Waals surface area contributed by atoms with Crippen LogP contribution in [0.25, 0.3) is 0 Å². The highest BCUT2D eigenvalue weighted by atomic mass is 16.1. The molecule has 0 spiro atoms. The van der Waals surface area contributed by atoms with Gasteiger partial charge in [0.1, 0.15) is 6.29 Å². The van der Waals surface area contributed by atoms with E-state index in [1.54, 1.807) is 0 Å². The zero-order valence-corrected chi connectivity index (χ0v) is 7.57. The largest absolute Gasteiger partial charge is 0.303 e. The quantitative estimate of drug-likeness (QED) is 0.462. The van der Waals surface area contributed by atoms with Gasteiger partial charge in [0.2, 0.25) is 0 Å². The van der Waals surface area contributed by atoms with Crippen LogP contribution in [-0.4, -0.2) is 6.29 Å². The summed E-state index contributed by atoms with van der Waals surface area (Å²) in [4.78, 5) is 10.8. The number of hydrogen-bond acceptors (Lipinski definition) is 1. The van der Waals surface area contributed by atoms with Gasteiger partial charge >= 0.3 is 0 Å². The zero-order valence-electron chi connectivity index (χ0n) is 7.57. The summed E-state index contributed by atoms with van der Waals surface area (Å²) < 4.78 is 0. The van der Waals surface area contributed by atoms with Crippen molar-refractivity contribution >= 4 is 6.29 Å². The first-order chi connectivity index (χ1) is 5.85. The summed E-state index contributed by atoms with van der Waals surface area (Å²) in [6.07, 6.45) is 9.42. The molecule has 1 fully saturated rings. The topological polar surface area (TPSA) is 17.1 Å². The molecule has 0 aromatic heterocycles. The number of carbonyl (C=O) groups is 1. The molecule has 2 aliphatic rings. The average molecular weight is 164 g/mol. The summed E-state index contributed by atoms with van der Waals surface area (Å²) in [5.74, 6) is 2.52. The van der Waals surface area contributed by atoms with Crippen molar-refractivity contribution in [2.45, 2.75) is 26.2 Å². The van der Waals surface area contributed by atoms with Crippen LogP contribution in [-0.2, 0) is 4.79 Å². The summed E-state index contributed by atoms with van der Waals surface area (Å²) >= 11 is 0. The second kappa shape index (κ2) is 3.04. The molecule has 0 radical (unpaired) electrons. The van der Waals surface area contributed by atoms with Gasteiger partial charge in [-0.3, -0.25) is 0 Å². The number of fused-ring (bicyclic) bond motifs is 2. The molecule has 0 amide bonds. The van der Waals surface area contributed by atoms with E-state index in [0.717, 1.165) is 18.3 Å². The molecule has 0 aromatic rings. The molecule has 2 rings (SSSR count). The highest BCUT2D eigenvalue weighted by Crippen LogP contribution is 2.46. The lowest BCUT2D eigenvalue weighted by molar-refractivity contribution is -0.112. The van der Waals surface area contributed by atoms with Crippen LogP contribution < -0.4 is 0 Å². The molecule has 12 heavy (non-hydrogen) atoms. The van der Waals surface area contributed by atoms with Crippen molar-refractivity contribution < 1.29 is 4.79 Å². The maximum Gasteiger partial charge on any atom is 0.123 e. The van der Waals surface area contributed by atoms with Crippen LogP contribution in [0, 0.1) is 23.7 Å². The van der Waals surface area contributed by atoms with Crippen LogP contribution in [0.1, 0.15) is 26.2 Å². The number of rotatable bonds is 3. The average Bonchev–Trinajstić information content (AvgIpc) is 2.67. The van der Waals surface area contributed by atoms with Crippen LogP contribution >= 0.6 is 0 Å². The lowest BCUT2D eigenvalue weighted by Gasteiger charge is -2.22. The molecule has 1 nitrogen and oxygen atoms in total. The van der Waals surface area contributed by atoms with E-state index in [9.17, 15) is 4.79 Å². The second-order valence-electron chi connectivity index (χ2n) is 4.15. The fourth-order valence-corrected chi connectivity index (χ4v) is 2.82. The van der Waals surface area contributed by atoms with Gasteiger partial charge in [-0.05, 0) is 37.0 Å². The van der Waals surface area contributed by atoms with Crippen LogP contribution in [0.15, 0.2) is 12.2 Å². The minimum atomic E-state index is 0.324. The van der Waals surface area contributed by atoms with Gasteiger partial charge in [-0.1, -0.05) is 19.1 Å². The van der Waals surface area contributed by atoms with E-state index in [0.29, 0.717) is 11.8 Å². The summed E-state index contributed by atoms with van der Waals surface area (Å²) in [5, 5.41) is 0. The molecule has 0 N–H and O–H groups in total. The maximum absolute atomic E-state index is 10.8. The van der Waals surface area contributed by atoms with Gasteiger partial charge in [-0.2, -0.15) is 0 Å². The molecular weight excluding hydrogens is 148 g/mol. The molecule has 1 saturated carbocycles. The predicted octanol–water partition coefficient (Wildman–Crippen LogP) is 2.42. The fraction of sp³-hybridized carbons (Fsp3) is 0.727. The van der Waals surface area contributed by atoms with Crippen LogP contribution in [0.3, 0.4) is 0 Å². The van der Waals surface area contributed by atoms with Crippen molar-refractivity contribution in [3.63, 3.8) is 0 Å². The molecule has 0 saturated heterocycles. The first-order valence-corrected chi connectivity index (χ1v) is 4.98. The van der Waals surface area contributed by atoms with E-state index in [1.165, 1.54) is 19.1 Å². The van der Waals surface area contributed by atoms with E-state index < -0.39 is 0 Å². The molecule has 0 aromatic carbocycles. The van der Waals surface area contributed by atoms with Crippen LogP contribution in [0.5, 0.6) is 0 Å². The van der Waals surface area contributed by atoms with Gasteiger partial charge in [0.25, 0.3) is 0 Å². The molecule has 4 unspecified atom stereocenters. The zero-order chi connectivity index (χ0) is 8.55. The van der Waals surface area contributed by atoms with E-state index in [1.807, 2.05) is 0 Å². The van der Waals surface area contributed by atoms with Gasteiger partial charge in [0, 0.05) is 5.92 Å². The van der Waals surface area contributed by atoms with E-state index in [4.69, 9.17) is 0 Å². The van der Waals surface area contributed by atoms with Crippen molar-refractivity contribution in [3.05, 3.63) is 12.2 Å². The molecule has 2 aliphatic carbocycles. The summed E-state index contributed by atoms with van der Waals surface area (Å²) in [7, 11) is 0. The Bertz CT molecular complexity index is 207. The SMILES string of the molecule is CCC(C=O)C1CC2C=CC1C2. The number of aldehydes is 1. The Balaban J connectivity index is 2.06. The monoisotopic (exact) mass is 164 g/mol. The molecule has 4 atom stereocenters. The third-order valence-corrected chi connectivity index (χ3v) is 3.53. The minimum absolute atomic E-state index is 0.324. The predicted molar refractivity (Wildman–Crippen MR) is 48.7 cm³/mol. The molecular formula is C11H16O. The Morgan fingerprint density at radius 1 is 1.50 bits per heavy atom. The Kier molecular flexibility index (Phi) is 2.03. The maximum atomic E-state index is 10.8. The van der Waals surface area contributed by atoms with Crippen LogP contribution in [0.2, 0.25) is 0 Å². The molecule has 66 valence electrons. The summed E-state index contributed by atoms with van der Waals surface area (Å²) in [6.45, 7) is 2.12.